The number of hydrogen-bond acceptors (Lipinski definition) is 3. The van der Waals surface area contributed by atoms with Crippen LogP contribution in [0, 0.1) is 5.92 Å². The minimum absolute atomic E-state index is 0.0847. The summed E-state index contributed by atoms with van der Waals surface area (Å²) < 4.78 is 33.1. The lowest BCUT2D eigenvalue weighted by Crippen LogP contribution is -2.05. The summed E-state index contributed by atoms with van der Waals surface area (Å²) in [5, 5.41) is 0. The highest BCUT2D eigenvalue weighted by atomic mass is 32.3. The average molecular weight is 266 g/mol. The van der Waals surface area contributed by atoms with E-state index in [9.17, 15) is 8.42 Å². The van der Waals surface area contributed by atoms with Crippen molar-refractivity contribution in [3.05, 3.63) is 0 Å². The van der Waals surface area contributed by atoms with Crippen LogP contribution in [-0.4, -0.2) is 19.6 Å². The van der Waals surface area contributed by atoms with Gasteiger partial charge in [0.25, 0.3) is 0 Å². The van der Waals surface area contributed by atoms with Gasteiger partial charge in [0.05, 0.1) is 6.61 Å². The van der Waals surface area contributed by atoms with Gasteiger partial charge in [0.15, 0.2) is 0 Å². The fourth-order valence-electron chi connectivity index (χ4n) is 1.82. The van der Waals surface area contributed by atoms with Gasteiger partial charge in [-0.15, -0.1) is 0 Å². The van der Waals surface area contributed by atoms with Gasteiger partial charge in [-0.1, -0.05) is 58.8 Å². The van der Waals surface area contributed by atoms with Crippen molar-refractivity contribution in [2.24, 2.45) is 5.92 Å². The predicted molar refractivity (Wildman–Crippen MR) is 69.3 cm³/mol. The molecule has 0 fully saturated rings. The molecular formula is C12H26O4S. The van der Waals surface area contributed by atoms with E-state index in [-0.39, 0.29) is 6.61 Å². The number of unbranched alkanes of at least 4 members (excludes halogenated alkanes) is 4. The maximum atomic E-state index is 10.3. The first-order valence-corrected chi connectivity index (χ1v) is 7.94. The van der Waals surface area contributed by atoms with Crippen molar-refractivity contribution in [2.75, 3.05) is 6.61 Å². The van der Waals surface area contributed by atoms with Gasteiger partial charge < -0.3 is 0 Å². The standard InChI is InChI=1S/C12H26O4S/c1-3-4-5-6-9-12(2)10-7-8-11-16-17(13,14)15/h12H,3-11H2,1-2H3,(H,13,14,15). The first kappa shape index (κ1) is 16.9. The molecule has 17 heavy (non-hydrogen) atoms. The third-order valence-corrected chi connectivity index (χ3v) is 3.34. The van der Waals surface area contributed by atoms with Gasteiger partial charge in [0.1, 0.15) is 0 Å². The van der Waals surface area contributed by atoms with Crippen molar-refractivity contribution >= 4 is 10.4 Å². The summed E-state index contributed by atoms with van der Waals surface area (Å²) in [5.74, 6) is 0.692. The molecule has 0 amide bonds. The van der Waals surface area contributed by atoms with E-state index in [0.717, 1.165) is 12.8 Å². The largest absolute Gasteiger partial charge is 0.397 e. The van der Waals surface area contributed by atoms with Crippen LogP contribution in [0.25, 0.3) is 0 Å². The Balaban J connectivity index is 3.30. The summed E-state index contributed by atoms with van der Waals surface area (Å²) in [6.07, 6.45) is 9.16. The van der Waals surface area contributed by atoms with Crippen LogP contribution in [-0.2, 0) is 14.6 Å². The van der Waals surface area contributed by atoms with E-state index >= 15 is 0 Å². The first-order valence-electron chi connectivity index (χ1n) is 6.57. The van der Waals surface area contributed by atoms with Crippen LogP contribution in [0.4, 0.5) is 0 Å². The van der Waals surface area contributed by atoms with Crippen molar-refractivity contribution in [3.63, 3.8) is 0 Å². The second kappa shape index (κ2) is 9.85. The molecular weight excluding hydrogens is 240 g/mol. The normalized spacial score (nSPS) is 13.8. The lowest BCUT2D eigenvalue weighted by Gasteiger charge is -2.10. The molecule has 0 rings (SSSR count). The second-order valence-corrected chi connectivity index (χ2v) is 5.79. The molecule has 1 atom stereocenters. The Labute approximate surface area is 106 Å². The van der Waals surface area contributed by atoms with E-state index < -0.39 is 10.4 Å². The van der Waals surface area contributed by atoms with E-state index in [1.807, 2.05) is 0 Å². The predicted octanol–water partition coefficient (Wildman–Crippen LogP) is 3.58. The molecule has 0 saturated heterocycles. The third kappa shape index (κ3) is 13.8. The minimum atomic E-state index is -4.25. The minimum Gasteiger partial charge on any atom is -0.264 e. The Bertz CT molecular complexity index is 262. The van der Waals surface area contributed by atoms with Crippen LogP contribution < -0.4 is 0 Å². The maximum Gasteiger partial charge on any atom is 0.397 e. The second-order valence-electron chi connectivity index (χ2n) is 4.70. The Morgan fingerprint density at radius 3 is 2.18 bits per heavy atom. The molecule has 1 unspecified atom stereocenters. The highest BCUT2D eigenvalue weighted by Crippen LogP contribution is 2.16. The lowest BCUT2D eigenvalue weighted by molar-refractivity contribution is 0.258. The summed E-state index contributed by atoms with van der Waals surface area (Å²) in [6.45, 7) is 4.52. The molecule has 0 radical (unpaired) electrons. The van der Waals surface area contributed by atoms with Crippen molar-refractivity contribution in [2.45, 2.75) is 65.2 Å². The van der Waals surface area contributed by atoms with Gasteiger partial charge in [0, 0.05) is 0 Å². The molecule has 0 bridgehead atoms. The summed E-state index contributed by atoms with van der Waals surface area (Å²) in [6, 6.07) is 0. The first-order chi connectivity index (χ1) is 7.95. The average Bonchev–Trinajstić information content (AvgIpc) is 2.22. The Kier molecular flexibility index (Phi) is 9.78. The highest BCUT2D eigenvalue weighted by Gasteiger charge is 2.05. The van der Waals surface area contributed by atoms with Crippen LogP contribution in [0.2, 0.25) is 0 Å². The monoisotopic (exact) mass is 266 g/mol. The van der Waals surface area contributed by atoms with E-state index in [1.165, 1.54) is 32.1 Å². The van der Waals surface area contributed by atoms with Crippen LogP contribution >= 0.6 is 0 Å². The van der Waals surface area contributed by atoms with Gasteiger partial charge in [-0.3, -0.25) is 4.55 Å². The lowest BCUT2D eigenvalue weighted by atomic mass is 9.97. The molecule has 4 nitrogen and oxygen atoms in total. The fraction of sp³-hybridized carbons (Fsp3) is 1.00. The van der Waals surface area contributed by atoms with Crippen molar-refractivity contribution < 1.29 is 17.2 Å². The third-order valence-electron chi connectivity index (χ3n) is 2.87. The zero-order valence-corrected chi connectivity index (χ0v) is 11.8. The van der Waals surface area contributed by atoms with Gasteiger partial charge in [-0.25, -0.2) is 4.18 Å². The van der Waals surface area contributed by atoms with E-state index in [4.69, 9.17) is 4.55 Å². The molecule has 1 N–H and O–H groups in total. The molecule has 0 spiro atoms. The van der Waals surface area contributed by atoms with Crippen LogP contribution in [0.15, 0.2) is 0 Å². The Hall–Kier alpha value is -0.130. The molecule has 0 aliphatic carbocycles. The van der Waals surface area contributed by atoms with E-state index in [1.54, 1.807) is 0 Å². The molecule has 0 aliphatic heterocycles. The van der Waals surface area contributed by atoms with Gasteiger partial charge >= 0.3 is 10.4 Å². The van der Waals surface area contributed by atoms with Gasteiger partial charge in [-0.2, -0.15) is 8.42 Å². The summed E-state index contributed by atoms with van der Waals surface area (Å²) in [4.78, 5) is 0. The zero-order valence-electron chi connectivity index (χ0n) is 11.0. The molecule has 0 saturated carbocycles. The maximum absolute atomic E-state index is 10.3. The topological polar surface area (TPSA) is 63.6 Å². The van der Waals surface area contributed by atoms with Gasteiger partial charge in [0.2, 0.25) is 0 Å². The fourth-order valence-corrected chi connectivity index (χ4v) is 2.15. The number of hydrogen-bond donors (Lipinski definition) is 1. The van der Waals surface area contributed by atoms with Crippen molar-refractivity contribution in [1.29, 1.82) is 0 Å². The highest BCUT2D eigenvalue weighted by molar-refractivity contribution is 7.80. The van der Waals surface area contributed by atoms with E-state index in [0.29, 0.717) is 12.3 Å². The van der Waals surface area contributed by atoms with E-state index in [2.05, 4.69) is 18.0 Å². The molecule has 0 aromatic carbocycles. The summed E-state index contributed by atoms with van der Waals surface area (Å²) in [7, 11) is -4.25. The van der Waals surface area contributed by atoms with Crippen molar-refractivity contribution in [3.8, 4) is 0 Å². The molecule has 0 aromatic heterocycles. The van der Waals surface area contributed by atoms with Crippen molar-refractivity contribution in [1.82, 2.24) is 0 Å². The SMILES string of the molecule is CCCCCCC(C)CCCCOS(=O)(=O)O. The molecule has 104 valence electrons. The van der Waals surface area contributed by atoms with Crippen LogP contribution in [0.1, 0.15) is 65.2 Å². The molecule has 5 heteroatoms. The summed E-state index contributed by atoms with van der Waals surface area (Å²) >= 11 is 0. The zero-order chi connectivity index (χ0) is 13.1. The molecule has 0 heterocycles. The molecule has 0 aromatic rings. The molecule has 0 aliphatic rings. The van der Waals surface area contributed by atoms with Crippen LogP contribution in [0.3, 0.4) is 0 Å². The quantitative estimate of drug-likeness (QED) is 0.458. The number of rotatable bonds is 11. The Morgan fingerprint density at radius 1 is 1.06 bits per heavy atom. The Morgan fingerprint density at radius 2 is 1.65 bits per heavy atom. The smallest absolute Gasteiger partial charge is 0.264 e. The summed E-state index contributed by atoms with van der Waals surface area (Å²) in [5.41, 5.74) is 0. The van der Waals surface area contributed by atoms with Crippen LogP contribution in [0.5, 0.6) is 0 Å². The van der Waals surface area contributed by atoms with Gasteiger partial charge in [-0.05, 0) is 12.3 Å².